The van der Waals surface area contributed by atoms with Gasteiger partial charge in [0.25, 0.3) is 11.6 Å². The van der Waals surface area contributed by atoms with Crippen molar-refractivity contribution in [2.45, 2.75) is 6.54 Å². The van der Waals surface area contributed by atoms with E-state index in [1.54, 1.807) is 35.6 Å². The van der Waals surface area contributed by atoms with Crippen molar-refractivity contribution >= 4 is 17.4 Å². The minimum Gasteiger partial charge on any atom is -0.365 e. The molecule has 126 valence electrons. The third kappa shape index (κ3) is 3.58. The molecular weight excluding hydrogens is 326 g/mol. The van der Waals surface area contributed by atoms with Gasteiger partial charge in [-0.15, -0.1) is 0 Å². The van der Waals surface area contributed by atoms with Crippen molar-refractivity contribution in [2.24, 2.45) is 5.73 Å². The standard InChI is InChI=1S/C15H13N7O3/c16-14(23)12-6-11(22(24)25)8-20-15(12)19-7-10-1-2-18-13(5-10)21-4-3-17-9-21/h1-6,8-9H,7H2,(H2,16,23)(H,19,20). The summed E-state index contributed by atoms with van der Waals surface area (Å²) in [5.74, 6) is 0.0650. The van der Waals surface area contributed by atoms with E-state index in [-0.39, 0.29) is 17.1 Å². The summed E-state index contributed by atoms with van der Waals surface area (Å²) >= 11 is 0. The molecule has 0 atom stereocenters. The summed E-state index contributed by atoms with van der Waals surface area (Å²) in [5, 5.41) is 13.8. The van der Waals surface area contributed by atoms with Crippen LogP contribution in [0, 0.1) is 10.1 Å². The number of amides is 1. The fourth-order valence-electron chi connectivity index (χ4n) is 2.17. The molecule has 0 aliphatic rings. The molecule has 0 saturated heterocycles. The molecule has 3 N–H and O–H groups in total. The summed E-state index contributed by atoms with van der Waals surface area (Å²) < 4.78 is 1.75. The van der Waals surface area contributed by atoms with E-state index in [2.05, 4.69) is 20.3 Å². The SMILES string of the molecule is NC(=O)c1cc([N+](=O)[O-])cnc1NCc1ccnc(-n2ccnc2)c1. The number of nitrogens with one attached hydrogen (secondary N) is 1. The van der Waals surface area contributed by atoms with Crippen molar-refractivity contribution < 1.29 is 9.72 Å². The van der Waals surface area contributed by atoms with Crippen LogP contribution in [0.15, 0.2) is 49.3 Å². The third-order valence-electron chi connectivity index (χ3n) is 3.39. The number of nitrogens with zero attached hydrogens (tertiary/aromatic N) is 5. The zero-order valence-corrected chi connectivity index (χ0v) is 12.9. The molecule has 0 bridgehead atoms. The minimum atomic E-state index is -0.799. The van der Waals surface area contributed by atoms with Crippen LogP contribution in [0.1, 0.15) is 15.9 Å². The highest BCUT2D eigenvalue weighted by Crippen LogP contribution is 2.19. The molecule has 0 radical (unpaired) electrons. The lowest BCUT2D eigenvalue weighted by Gasteiger charge is -2.10. The number of nitro groups is 1. The lowest BCUT2D eigenvalue weighted by atomic mass is 10.2. The van der Waals surface area contributed by atoms with Crippen molar-refractivity contribution in [3.63, 3.8) is 0 Å². The Morgan fingerprint density at radius 2 is 2.16 bits per heavy atom. The highest BCUT2D eigenvalue weighted by molar-refractivity contribution is 5.98. The first-order chi connectivity index (χ1) is 12.0. The van der Waals surface area contributed by atoms with E-state index >= 15 is 0 Å². The Kier molecular flexibility index (Phi) is 4.33. The van der Waals surface area contributed by atoms with Gasteiger partial charge in [0, 0.05) is 31.2 Å². The molecule has 0 unspecified atom stereocenters. The van der Waals surface area contributed by atoms with E-state index in [4.69, 9.17) is 5.73 Å². The second-order valence-electron chi connectivity index (χ2n) is 5.06. The average Bonchev–Trinajstić information content (AvgIpc) is 3.14. The van der Waals surface area contributed by atoms with E-state index < -0.39 is 10.8 Å². The Labute approximate surface area is 141 Å². The summed E-state index contributed by atoms with van der Waals surface area (Å²) in [4.78, 5) is 33.8. The van der Waals surface area contributed by atoms with Crippen LogP contribution < -0.4 is 11.1 Å². The van der Waals surface area contributed by atoms with Crippen LogP contribution >= 0.6 is 0 Å². The van der Waals surface area contributed by atoms with Crippen molar-refractivity contribution in [3.05, 3.63) is 70.6 Å². The summed E-state index contributed by atoms with van der Waals surface area (Å²) in [6, 6.07) is 4.73. The largest absolute Gasteiger partial charge is 0.365 e. The van der Waals surface area contributed by atoms with Crippen LogP contribution in [0.5, 0.6) is 0 Å². The molecule has 3 aromatic rings. The minimum absolute atomic E-state index is 0.0434. The first kappa shape index (κ1) is 16.1. The van der Waals surface area contributed by atoms with Crippen LogP contribution in [0.25, 0.3) is 5.82 Å². The Morgan fingerprint density at radius 3 is 2.84 bits per heavy atom. The third-order valence-corrected chi connectivity index (χ3v) is 3.39. The maximum absolute atomic E-state index is 11.5. The number of carbonyl (C=O) groups excluding carboxylic acids is 1. The summed E-state index contributed by atoms with van der Waals surface area (Å²) in [7, 11) is 0. The van der Waals surface area contributed by atoms with Crippen LogP contribution in [-0.2, 0) is 6.54 Å². The molecule has 0 spiro atoms. The molecule has 0 saturated carbocycles. The molecule has 3 rings (SSSR count). The topological polar surface area (TPSA) is 142 Å². The number of anilines is 1. The van der Waals surface area contributed by atoms with Crippen molar-refractivity contribution in [2.75, 3.05) is 5.32 Å². The molecule has 10 heteroatoms. The maximum atomic E-state index is 11.5. The lowest BCUT2D eigenvalue weighted by Crippen LogP contribution is -2.16. The summed E-state index contributed by atoms with van der Waals surface area (Å²) in [5.41, 5.74) is 5.80. The molecule has 0 aromatic carbocycles. The van der Waals surface area contributed by atoms with Gasteiger partial charge >= 0.3 is 0 Å². The number of primary amides is 1. The van der Waals surface area contributed by atoms with Crippen LogP contribution in [-0.4, -0.2) is 30.3 Å². The smallest absolute Gasteiger partial charge is 0.288 e. The van der Waals surface area contributed by atoms with Crippen molar-refractivity contribution in [1.82, 2.24) is 19.5 Å². The van der Waals surface area contributed by atoms with Crippen molar-refractivity contribution in [3.8, 4) is 5.82 Å². The monoisotopic (exact) mass is 339 g/mol. The normalized spacial score (nSPS) is 10.4. The molecule has 1 amide bonds. The first-order valence-corrected chi connectivity index (χ1v) is 7.16. The zero-order valence-electron chi connectivity index (χ0n) is 12.9. The Morgan fingerprint density at radius 1 is 1.32 bits per heavy atom. The predicted molar refractivity (Wildman–Crippen MR) is 88.1 cm³/mol. The second kappa shape index (κ2) is 6.74. The van der Waals surface area contributed by atoms with Crippen LogP contribution in [0.2, 0.25) is 0 Å². The van der Waals surface area contributed by atoms with E-state index in [0.29, 0.717) is 12.4 Å². The molecular formula is C15H13N7O3. The van der Waals surface area contributed by atoms with Gasteiger partial charge in [0.15, 0.2) is 0 Å². The molecule has 0 fully saturated rings. The highest BCUT2D eigenvalue weighted by atomic mass is 16.6. The highest BCUT2D eigenvalue weighted by Gasteiger charge is 2.16. The molecule has 10 nitrogen and oxygen atoms in total. The van der Waals surface area contributed by atoms with Gasteiger partial charge in [-0.2, -0.15) is 0 Å². The predicted octanol–water partition coefficient (Wildman–Crippen LogP) is 1.28. The van der Waals surface area contributed by atoms with Gasteiger partial charge in [0.1, 0.15) is 24.2 Å². The molecule has 0 aliphatic heterocycles. The van der Waals surface area contributed by atoms with Gasteiger partial charge in [-0.05, 0) is 17.7 Å². The maximum Gasteiger partial charge on any atom is 0.288 e. The number of pyridine rings is 2. The number of nitrogens with two attached hydrogens (primary N) is 1. The number of hydrogen-bond donors (Lipinski definition) is 2. The molecule has 25 heavy (non-hydrogen) atoms. The van der Waals surface area contributed by atoms with Crippen LogP contribution in [0.4, 0.5) is 11.5 Å². The van der Waals surface area contributed by atoms with Gasteiger partial charge in [-0.3, -0.25) is 19.5 Å². The van der Waals surface area contributed by atoms with Crippen molar-refractivity contribution in [1.29, 1.82) is 0 Å². The fraction of sp³-hybridized carbons (Fsp3) is 0.0667. The number of hydrogen-bond acceptors (Lipinski definition) is 7. The van der Waals surface area contributed by atoms with E-state index in [9.17, 15) is 14.9 Å². The number of carbonyl (C=O) groups is 1. The number of rotatable bonds is 6. The quantitative estimate of drug-likeness (QED) is 0.509. The Balaban J connectivity index is 1.81. The fourth-order valence-corrected chi connectivity index (χ4v) is 2.17. The lowest BCUT2D eigenvalue weighted by molar-refractivity contribution is -0.385. The van der Waals surface area contributed by atoms with Gasteiger partial charge in [-0.1, -0.05) is 0 Å². The summed E-state index contributed by atoms with van der Waals surface area (Å²) in [6.07, 6.45) is 7.75. The van der Waals surface area contributed by atoms with Gasteiger partial charge in [0.05, 0.1) is 10.5 Å². The number of aromatic nitrogens is 4. The van der Waals surface area contributed by atoms with Gasteiger partial charge < -0.3 is 11.1 Å². The Hall–Kier alpha value is -3.82. The Bertz CT molecular complexity index is 925. The summed E-state index contributed by atoms with van der Waals surface area (Å²) in [6.45, 7) is 0.329. The average molecular weight is 339 g/mol. The zero-order chi connectivity index (χ0) is 17.8. The van der Waals surface area contributed by atoms with E-state index in [1.165, 1.54) is 0 Å². The number of imidazole rings is 1. The van der Waals surface area contributed by atoms with E-state index in [1.807, 2.05) is 6.07 Å². The van der Waals surface area contributed by atoms with Crippen LogP contribution in [0.3, 0.4) is 0 Å². The molecule has 3 aromatic heterocycles. The molecule has 0 aliphatic carbocycles. The van der Waals surface area contributed by atoms with Gasteiger partial charge in [-0.25, -0.2) is 15.0 Å². The van der Waals surface area contributed by atoms with E-state index in [0.717, 1.165) is 17.8 Å². The second-order valence-corrected chi connectivity index (χ2v) is 5.06. The molecule has 3 heterocycles. The van der Waals surface area contributed by atoms with Gasteiger partial charge in [0.2, 0.25) is 0 Å². The first-order valence-electron chi connectivity index (χ1n) is 7.16.